The Labute approximate surface area is 472 Å². The van der Waals surface area contributed by atoms with Crippen LogP contribution in [0.2, 0.25) is 0 Å². The predicted molar refractivity (Wildman–Crippen MR) is 334 cm³/mol. The zero-order chi connectivity index (χ0) is 54.8. The Morgan fingerprint density at radius 3 is 1.35 bits per heavy atom. The molecule has 402 valence electrons. The minimum atomic E-state index is 0.0234. The van der Waals surface area contributed by atoms with E-state index in [1.807, 2.05) is 0 Å². The van der Waals surface area contributed by atoms with E-state index in [9.17, 15) is 0 Å². The summed E-state index contributed by atoms with van der Waals surface area (Å²) >= 11 is 2.28. The van der Waals surface area contributed by atoms with Crippen molar-refractivity contribution in [3.8, 4) is 11.5 Å². The molecule has 6 aromatic carbocycles. The number of anilines is 8. The van der Waals surface area contributed by atoms with Crippen LogP contribution in [0.3, 0.4) is 0 Å². The zero-order valence-corrected chi connectivity index (χ0v) is 50.8. The maximum absolute atomic E-state index is 6.81. The molecule has 14 rings (SSSR count). The van der Waals surface area contributed by atoms with Gasteiger partial charge in [-0.2, -0.15) is 0 Å². The van der Waals surface area contributed by atoms with Crippen LogP contribution in [-0.4, -0.2) is 12.0 Å². The molecular formula is C72H84BN3OS. The monoisotopic (exact) mass is 1050 g/mol. The van der Waals surface area contributed by atoms with Crippen molar-refractivity contribution in [3.05, 3.63) is 153 Å². The number of ether oxygens (including phenoxy) is 1. The van der Waals surface area contributed by atoms with Crippen molar-refractivity contribution in [1.29, 1.82) is 0 Å². The number of allylic oxidation sites excluding steroid dienone is 1. The van der Waals surface area contributed by atoms with Crippen LogP contribution >= 0.6 is 11.8 Å². The molecule has 0 N–H and O–H groups in total. The second kappa shape index (κ2) is 16.2. The van der Waals surface area contributed by atoms with Crippen molar-refractivity contribution in [3.63, 3.8) is 0 Å². The van der Waals surface area contributed by atoms with Crippen molar-refractivity contribution in [2.75, 3.05) is 14.7 Å². The molecule has 2 atom stereocenters. The number of hydrogen-bond acceptors (Lipinski definition) is 5. The highest BCUT2D eigenvalue weighted by Gasteiger charge is 2.60. The quantitative estimate of drug-likeness (QED) is 0.164. The van der Waals surface area contributed by atoms with Crippen molar-refractivity contribution in [2.45, 2.75) is 200 Å². The molecule has 0 amide bonds. The highest BCUT2D eigenvalue weighted by molar-refractivity contribution is 8.06. The Bertz CT molecular complexity index is 3560. The van der Waals surface area contributed by atoms with Gasteiger partial charge in [0, 0.05) is 45.3 Å². The number of rotatable bonds is 3. The summed E-state index contributed by atoms with van der Waals surface area (Å²) < 4.78 is 6.81. The highest BCUT2D eigenvalue weighted by atomic mass is 32.2. The van der Waals surface area contributed by atoms with E-state index < -0.39 is 0 Å². The number of para-hydroxylation sites is 4. The van der Waals surface area contributed by atoms with Crippen LogP contribution in [0.5, 0.6) is 11.5 Å². The molecule has 8 aliphatic rings. The van der Waals surface area contributed by atoms with E-state index >= 15 is 0 Å². The lowest BCUT2D eigenvalue weighted by atomic mass is 9.35. The van der Waals surface area contributed by atoms with Crippen LogP contribution in [0, 0.1) is 16.7 Å². The van der Waals surface area contributed by atoms with E-state index in [2.05, 4.69) is 246 Å². The first kappa shape index (κ1) is 50.9. The largest absolute Gasteiger partial charge is 0.453 e. The van der Waals surface area contributed by atoms with Crippen molar-refractivity contribution in [1.82, 2.24) is 0 Å². The summed E-state index contributed by atoms with van der Waals surface area (Å²) in [6.45, 7) is 40.5. The fourth-order valence-electron chi connectivity index (χ4n) is 16.5. The van der Waals surface area contributed by atoms with Crippen LogP contribution in [0.15, 0.2) is 120 Å². The van der Waals surface area contributed by atoms with Crippen LogP contribution in [0.1, 0.15) is 196 Å². The summed E-state index contributed by atoms with van der Waals surface area (Å²) in [6.07, 6.45) is 9.50. The van der Waals surface area contributed by atoms with E-state index in [1.165, 1.54) is 119 Å². The lowest BCUT2D eigenvalue weighted by Gasteiger charge is -2.52. The van der Waals surface area contributed by atoms with Gasteiger partial charge in [-0.25, -0.2) is 0 Å². The molecule has 0 saturated heterocycles. The van der Waals surface area contributed by atoms with E-state index in [0.29, 0.717) is 11.2 Å². The van der Waals surface area contributed by atoms with E-state index in [0.717, 1.165) is 28.6 Å². The molecule has 4 aliphatic heterocycles. The zero-order valence-electron chi connectivity index (χ0n) is 49.9. The van der Waals surface area contributed by atoms with Gasteiger partial charge in [0.05, 0.1) is 17.1 Å². The van der Waals surface area contributed by atoms with Crippen LogP contribution < -0.4 is 30.4 Å². The molecule has 2 unspecified atom stereocenters. The smallest absolute Gasteiger partial charge is 0.259 e. The molecule has 1 fully saturated rings. The molecule has 0 aromatic heterocycles. The summed E-state index contributed by atoms with van der Waals surface area (Å²) in [6, 6.07) is 43.5. The van der Waals surface area contributed by atoms with Crippen LogP contribution in [-0.2, 0) is 32.5 Å². The van der Waals surface area contributed by atoms with Crippen LogP contribution in [0.25, 0.3) is 0 Å². The molecule has 4 nitrogen and oxygen atoms in total. The third kappa shape index (κ3) is 7.17. The van der Waals surface area contributed by atoms with Crippen molar-refractivity contribution in [2.24, 2.45) is 16.7 Å². The first-order chi connectivity index (χ1) is 36.6. The molecule has 6 aromatic rings. The first-order valence-corrected chi connectivity index (χ1v) is 30.8. The summed E-state index contributed by atoms with van der Waals surface area (Å²) in [5.74, 6) is 2.09. The van der Waals surface area contributed by atoms with Gasteiger partial charge < -0.3 is 19.4 Å². The summed E-state index contributed by atoms with van der Waals surface area (Å²) in [7, 11) is 0. The first-order valence-electron chi connectivity index (χ1n) is 29.9. The van der Waals surface area contributed by atoms with Crippen molar-refractivity contribution < 1.29 is 4.74 Å². The van der Waals surface area contributed by atoms with Gasteiger partial charge in [0.25, 0.3) is 6.71 Å². The fourth-order valence-corrected chi connectivity index (χ4v) is 18.5. The number of fused-ring (bicyclic) bond motifs is 10. The number of hydrogen-bond donors (Lipinski definition) is 0. The van der Waals surface area contributed by atoms with E-state index in [-0.39, 0.29) is 50.0 Å². The fraction of sp³-hybridized carbons (Fsp3) is 0.472. The average molecular weight is 1050 g/mol. The topological polar surface area (TPSA) is 19.0 Å². The Balaban J connectivity index is 1.15. The molecule has 6 heteroatoms. The molecule has 4 aliphatic carbocycles. The normalized spacial score (nSPS) is 25.0. The molecule has 1 saturated carbocycles. The molecule has 4 heterocycles. The number of thioether (sulfide) groups is 1. The average Bonchev–Trinajstić information content (AvgIpc) is 4.03. The highest BCUT2D eigenvalue weighted by Crippen LogP contribution is 2.67. The van der Waals surface area contributed by atoms with E-state index in [4.69, 9.17) is 4.74 Å². The molecule has 0 radical (unpaired) electrons. The summed E-state index contributed by atoms with van der Waals surface area (Å²) in [4.78, 5) is 9.74. The van der Waals surface area contributed by atoms with Gasteiger partial charge in [0.1, 0.15) is 0 Å². The standard InChI is InChI=1S/C72H84BN3OS/c1-65(2)29-31-67(5,6)48-37-43(25-27-46(48)65)74-55-42-51-50(69(9,10)33-34-70(51,11)12)41-52(55)73-61-56(74)39-45(75-53-21-17-19-23-58(53)77-59-24-20-18-22-54(59)75)40-57(61)76(44-26-28-47-49(38-44)68(7,8)32-30-66(47,3)4)62-60-63(78-64(62)73)72(15,16)36-35-71(60,13)14/h17-28,37-42,60,63H,29-36H2,1-16H3. The van der Waals surface area contributed by atoms with Gasteiger partial charge >= 0.3 is 0 Å². The number of nitrogens with zero attached hydrogens (tertiary/aromatic N) is 3. The Morgan fingerprint density at radius 1 is 0.397 bits per heavy atom. The Hall–Kier alpha value is -5.33. The third-order valence-electron chi connectivity index (χ3n) is 22.0. The summed E-state index contributed by atoms with van der Waals surface area (Å²) in [5.41, 5.74) is 23.9. The van der Waals surface area contributed by atoms with Gasteiger partial charge in [-0.05, 0) is 211 Å². The maximum atomic E-state index is 6.81. The molecule has 78 heavy (non-hydrogen) atoms. The van der Waals surface area contributed by atoms with Crippen molar-refractivity contribution >= 4 is 74.9 Å². The van der Waals surface area contributed by atoms with Gasteiger partial charge in [0.15, 0.2) is 11.5 Å². The third-order valence-corrected chi connectivity index (χ3v) is 23.8. The minimum absolute atomic E-state index is 0.0234. The summed E-state index contributed by atoms with van der Waals surface area (Å²) in [5, 5.41) is 0.428. The Kier molecular flexibility index (Phi) is 10.6. The maximum Gasteiger partial charge on any atom is 0.259 e. The Morgan fingerprint density at radius 2 is 0.821 bits per heavy atom. The lowest BCUT2D eigenvalue weighted by molar-refractivity contribution is 0.0881. The second-order valence-electron chi connectivity index (χ2n) is 30.8. The SMILES string of the molecule is CC1(C)CCC(C)(C)c2cc(N3C4=C(SC5C4C(C)(C)CCC5(C)C)B4c5cc6c(cc5N(c5ccc7c(c5)C(C)(C)CCC7(C)C)c5cc(N7c8ccccc8Oc8ccccc87)cc3c54)C(C)(C)CCC6(C)C)ccc21. The van der Waals surface area contributed by atoms with Gasteiger partial charge in [0.2, 0.25) is 0 Å². The van der Waals surface area contributed by atoms with Gasteiger partial charge in [-0.15, -0.1) is 11.8 Å². The number of benzene rings is 6. The molecule has 0 bridgehead atoms. The van der Waals surface area contributed by atoms with E-state index in [1.54, 1.807) is 16.1 Å². The van der Waals surface area contributed by atoms with Crippen LogP contribution in [0.4, 0.5) is 45.5 Å². The van der Waals surface area contributed by atoms with Gasteiger partial charge in [-0.3, -0.25) is 0 Å². The second-order valence-corrected chi connectivity index (χ2v) is 32.0. The molecule has 0 spiro atoms. The molecular weight excluding hydrogens is 966 g/mol. The minimum Gasteiger partial charge on any atom is -0.453 e. The lowest BCUT2D eigenvalue weighted by Crippen LogP contribution is -2.56. The van der Waals surface area contributed by atoms with Gasteiger partial charge in [-0.1, -0.05) is 153 Å². The predicted octanol–water partition coefficient (Wildman–Crippen LogP) is 19.2.